The van der Waals surface area contributed by atoms with Crippen LogP contribution in [0, 0.1) is 31.4 Å². The number of carbonyl (C=O) groups is 2. The van der Waals surface area contributed by atoms with Gasteiger partial charge in [0.05, 0.1) is 17.5 Å². The van der Waals surface area contributed by atoms with E-state index in [1.165, 1.54) is 0 Å². The van der Waals surface area contributed by atoms with Crippen LogP contribution in [-0.2, 0) is 16.6 Å². The number of nitrogens with two attached hydrogens (primary N) is 1. The topological polar surface area (TPSA) is 156 Å². The van der Waals surface area contributed by atoms with Gasteiger partial charge in [0.1, 0.15) is 17.4 Å². The number of urea groups is 1. The lowest BCUT2D eigenvalue weighted by Crippen LogP contribution is -2.46. The minimum atomic E-state index is -3.39. The van der Waals surface area contributed by atoms with E-state index in [0.29, 0.717) is 29.9 Å². The Morgan fingerprint density at radius 2 is 1.77 bits per heavy atom. The Labute approximate surface area is 274 Å². The Morgan fingerprint density at radius 3 is 2.34 bits per heavy atom. The van der Waals surface area contributed by atoms with Gasteiger partial charge in [0, 0.05) is 36.6 Å². The van der Waals surface area contributed by atoms with E-state index in [4.69, 9.17) is 10.5 Å². The molecule has 1 saturated heterocycles. The molecular weight excluding hydrogens is 630 g/mol. The fourth-order valence-electron chi connectivity index (χ4n) is 5.84. The third-order valence-electron chi connectivity index (χ3n) is 8.13. The molecule has 0 aliphatic carbocycles. The van der Waals surface area contributed by atoms with Gasteiger partial charge in [-0.05, 0) is 87.0 Å². The third-order valence-corrected chi connectivity index (χ3v) is 8.74. The van der Waals surface area contributed by atoms with E-state index in [9.17, 15) is 26.8 Å². The molecule has 1 aliphatic rings. The number of nitrogens with zero attached hydrogens (tertiary/aromatic N) is 2. The van der Waals surface area contributed by atoms with Crippen LogP contribution in [0.2, 0.25) is 0 Å². The maximum absolute atomic E-state index is 14.3. The summed E-state index contributed by atoms with van der Waals surface area (Å²) in [6.45, 7) is 8.08. The number of aromatic nitrogens is 1. The van der Waals surface area contributed by atoms with Gasteiger partial charge in [-0.25, -0.2) is 27.0 Å². The van der Waals surface area contributed by atoms with Crippen molar-refractivity contribution in [1.82, 2.24) is 15.2 Å². The van der Waals surface area contributed by atoms with Crippen LogP contribution >= 0.6 is 0 Å². The fraction of sp³-hybridized carbons (Fsp3) is 0.424. The highest BCUT2D eigenvalue weighted by atomic mass is 32.2. The SMILES string of the molecule is CCCCC(NC(=O)Nc1cc(C(N)=O)c(F)cc1F)C1CCN(Cc2ccc(Oc3c(C)cc(NS(C)(=O)=O)cc3C)nc2)CC1. The second kappa shape index (κ2) is 15.5. The molecule has 0 bridgehead atoms. The van der Waals surface area contributed by atoms with Crippen molar-refractivity contribution in [3.8, 4) is 11.6 Å². The monoisotopic (exact) mass is 672 g/mol. The van der Waals surface area contributed by atoms with Crippen LogP contribution in [0.25, 0.3) is 0 Å². The number of halogens is 2. The van der Waals surface area contributed by atoms with Crippen LogP contribution in [-0.4, -0.2) is 55.6 Å². The predicted molar refractivity (Wildman–Crippen MR) is 177 cm³/mol. The molecule has 1 aliphatic heterocycles. The Morgan fingerprint density at radius 1 is 1.09 bits per heavy atom. The molecule has 1 atom stereocenters. The largest absolute Gasteiger partial charge is 0.438 e. The summed E-state index contributed by atoms with van der Waals surface area (Å²) in [7, 11) is -3.39. The number of anilines is 2. The summed E-state index contributed by atoms with van der Waals surface area (Å²) in [5.41, 5.74) is 7.37. The third kappa shape index (κ3) is 10.1. The first-order chi connectivity index (χ1) is 22.2. The highest BCUT2D eigenvalue weighted by molar-refractivity contribution is 7.92. The van der Waals surface area contributed by atoms with Gasteiger partial charge in [0.15, 0.2) is 0 Å². The van der Waals surface area contributed by atoms with E-state index in [2.05, 4.69) is 32.2 Å². The Kier molecular flexibility index (Phi) is 11.7. The first-order valence-corrected chi connectivity index (χ1v) is 17.4. The van der Waals surface area contributed by atoms with Crippen LogP contribution < -0.4 is 25.8 Å². The average molecular weight is 673 g/mol. The molecule has 4 rings (SSSR count). The molecule has 3 amide bonds. The quantitative estimate of drug-likeness (QED) is 0.178. The molecule has 2 aromatic carbocycles. The van der Waals surface area contributed by atoms with E-state index in [0.717, 1.165) is 74.2 Å². The molecule has 5 N–H and O–H groups in total. The van der Waals surface area contributed by atoms with Crippen molar-refractivity contribution in [2.75, 3.05) is 29.4 Å². The molecular formula is C33H42F2N6O5S. The van der Waals surface area contributed by atoms with Crippen molar-refractivity contribution in [2.24, 2.45) is 11.7 Å². The van der Waals surface area contributed by atoms with Gasteiger partial charge in [-0.1, -0.05) is 25.8 Å². The molecule has 47 heavy (non-hydrogen) atoms. The molecule has 2 heterocycles. The summed E-state index contributed by atoms with van der Waals surface area (Å²) in [6, 6.07) is 7.85. The minimum absolute atomic E-state index is 0.141. The first-order valence-electron chi connectivity index (χ1n) is 15.5. The van der Waals surface area contributed by atoms with E-state index in [-0.39, 0.29) is 17.6 Å². The summed E-state index contributed by atoms with van der Waals surface area (Å²) in [5, 5.41) is 5.38. The molecule has 0 radical (unpaired) electrons. The van der Waals surface area contributed by atoms with Crippen LogP contribution in [0.4, 0.5) is 25.0 Å². The molecule has 11 nitrogen and oxygen atoms in total. The van der Waals surface area contributed by atoms with Crippen molar-refractivity contribution in [2.45, 2.75) is 65.5 Å². The van der Waals surface area contributed by atoms with E-state index < -0.39 is 39.2 Å². The molecule has 1 fully saturated rings. The number of amides is 3. The second-order valence-electron chi connectivity index (χ2n) is 12.1. The molecule has 1 unspecified atom stereocenters. The van der Waals surface area contributed by atoms with E-state index in [1.807, 2.05) is 26.0 Å². The lowest BCUT2D eigenvalue weighted by atomic mass is 9.86. The second-order valence-corrected chi connectivity index (χ2v) is 13.8. The van der Waals surface area contributed by atoms with Gasteiger partial charge in [-0.3, -0.25) is 14.4 Å². The van der Waals surface area contributed by atoms with Crippen LogP contribution in [0.1, 0.15) is 66.1 Å². The molecule has 0 spiro atoms. The predicted octanol–water partition coefficient (Wildman–Crippen LogP) is 5.83. The summed E-state index contributed by atoms with van der Waals surface area (Å²) in [5.74, 6) is -1.90. The Hall–Kier alpha value is -4.30. The van der Waals surface area contributed by atoms with Crippen molar-refractivity contribution in [1.29, 1.82) is 0 Å². The normalized spacial score (nSPS) is 14.8. The van der Waals surface area contributed by atoms with Crippen molar-refractivity contribution < 1.29 is 31.5 Å². The molecule has 14 heteroatoms. The van der Waals surface area contributed by atoms with Gasteiger partial charge in [-0.15, -0.1) is 0 Å². The summed E-state index contributed by atoms with van der Waals surface area (Å²) in [6.07, 6.45) is 7.19. The van der Waals surface area contributed by atoms with E-state index in [1.54, 1.807) is 18.3 Å². The number of hydrogen-bond acceptors (Lipinski definition) is 7. The maximum atomic E-state index is 14.3. The number of carbonyl (C=O) groups excluding carboxylic acids is 2. The number of benzene rings is 2. The van der Waals surface area contributed by atoms with Crippen molar-refractivity contribution in [3.63, 3.8) is 0 Å². The van der Waals surface area contributed by atoms with Crippen LogP contribution in [0.3, 0.4) is 0 Å². The number of sulfonamides is 1. The van der Waals surface area contributed by atoms with Crippen LogP contribution in [0.5, 0.6) is 11.6 Å². The zero-order valence-electron chi connectivity index (χ0n) is 27.0. The number of likely N-dealkylation sites (tertiary alicyclic amines) is 1. The smallest absolute Gasteiger partial charge is 0.319 e. The first kappa shape index (κ1) is 35.6. The molecule has 1 aromatic heterocycles. The number of rotatable bonds is 13. The highest BCUT2D eigenvalue weighted by Gasteiger charge is 2.28. The Bertz CT molecular complexity index is 1670. The molecule has 3 aromatic rings. The Balaban J connectivity index is 1.31. The van der Waals surface area contributed by atoms with Gasteiger partial charge in [0.25, 0.3) is 5.91 Å². The van der Waals surface area contributed by atoms with Gasteiger partial charge in [-0.2, -0.15) is 0 Å². The fourth-order valence-corrected chi connectivity index (χ4v) is 6.38. The average Bonchev–Trinajstić information content (AvgIpc) is 2.99. The van der Waals surface area contributed by atoms with Crippen molar-refractivity contribution in [3.05, 3.63) is 76.5 Å². The lowest BCUT2D eigenvalue weighted by molar-refractivity contribution is 0.0996. The number of primary amides is 1. The van der Waals surface area contributed by atoms with E-state index >= 15 is 0 Å². The number of unbranched alkanes of at least 4 members (excludes halogenated alkanes) is 1. The lowest BCUT2D eigenvalue weighted by Gasteiger charge is -2.36. The number of pyridine rings is 1. The minimum Gasteiger partial charge on any atom is -0.438 e. The van der Waals surface area contributed by atoms with Crippen molar-refractivity contribution >= 4 is 33.3 Å². The van der Waals surface area contributed by atoms with Gasteiger partial charge in [0.2, 0.25) is 15.9 Å². The summed E-state index contributed by atoms with van der Waals surface area (Å²) >= 11 is 0. The summed E-state index contributed by atoms with van der Waals surface area (Å²) in [4.78, 5) is 31.1. The zero-order valence-corrected chi connectivity index (χ0v) is 27.8. The highest BCUT2D eigenvalue weighted by Crippen LogP contribution is 2.31. The molecule has 0 saturated carbocycles. The maximum Gasteiger partial charge on any atom is 0.319 e. The van der Waals surface area contributed by atoms with Gasteiger partial charge >= 0.3 is 6.03 Å². The zero-order chi connectivity index (χ0) is 34.3. The standard InChI is InChI=1S/C33H42F2N6O5S/c1-5-6-7-28(38-33(43)39-29-16-25(32(36)42)26(34)17-27(29)35)23-10-12-41(13-11-23)19-22-8-9-30(37-18-22)46-31-20(2)14-24(15-21(31)3)40-47(4,44)45/h8-9,14-18,23,28,40H,5-7,10-13,19H2,1-4H3,(H2,36,42)(H2,38,39,43). The molecule has 254 valence electrons. The number of piperidine rings is 1. The number of ether oxygens (including phenoxy) is 1. The van der Waals surface area contributed by atoms with Crippen LogP contribution in [0.15, 0.2) is 42.6 Å². The number of nitrogens with one attached hydrogen (secondary N) is 3. The number of aryl methyl sites for hydroxylation is 2. The number of hydrogen-bond donors (Lipinski definition) is 4. The summed E-state index contributed by atoms with van der Waals surface area (Å²) < 4.78 is 59.9. The van der Waals surface area contributed by atoms with Gasteiger partial charge < -0.3 is 21.1 Å².